The number of benzene rings is 3. The van der Waals surface area contributed by atoms with Gasteiger partial charge in [-0.1, -0.05) is 71.2 Å². The average molecular weight is 560 g/mol. The predicted octanol–water partition coefficient (Wildman–Crippen LogP) is 9.12. The lowest BCUT2D eigenvalue weighted by atomic mass is 9.94. The number of ether oxygens (including phenoxy) is 1. The molecule has 0 radical (unpaired) electrons. The highest BCUT2D eigenvalue weighted by molar-refractivity contribution is 5.82. The molecule has 0 saturated carbocycles. The first-order valence-corrected chi connectivity index (χ1v) is 15.0. The van der Waals surface area contributed by atoms with Crippen LogP contribution in [0.1, 0.15) is 88.7 Å². The summed E-state index contributed by atoms with van der Waals surface area (Å²) in [5.41, 5.74) is 7.30. The number of carbonyl (C=O) groups is 1. The maximum absolute atomic E-state index is 13.1. The Labute approximate surface area is 245 Å². The summed E-state index contributed by atoms with van der Waals surface area (Å²) < 4.78 is 18.9. The predicted molar refractivity (Wildman–Crippen MR) is 168 cm³/mol. The average Bonchev–Trinajstić information content (AvgIpc) is 3.20. The zero-order chi connectivity index (χ0) is 29.9. The highest BCUT2D eigenvalue weighted by Crippen LogP contribution is 2.30. The molecule has 1 amide bonds. The summed E-state index contributed by atoms with van der Waals surface area (Å²) in [4.78, 5) is 21.3. The number of carbonyl (C=O) groups excluding carboxylic acids is 1. The van der Waals surface area contributed by atoms with Crippen molar-refractivity contribution in [3.05, 3.63) is 82.9 Å². The SMILES string of the molecule is CC.CC(=O)N1CCOc2ccc(-c3ccc4nc(C)[nH]c4c3)cc2C1.CCCCCC(C)c1ccc(F)c(C)c1. The van der Waals surface area contributed by atoms with E-state index in [1.54, 1.807) is 13.0 Å². The van der Waals surface area contributed by atoms with Crippen LogP contribution in [0.5, 0.6) is 5.75 Å². The van der Waals surface area contributed by atoms with Gasteiger partial charge in [-0.25, -0.2) is 9.37 Å². The van der Waals surface area contributed by atoms with Crippen LogP contribution in [0.25, 0.3) is 22.2 Å². The minimum Gasteiger partial charge on any atom is -0.491 e. The van der Waals surface area contributed by atoms with E-state index in [2.05, 4.69) is 48.1 Å². The summed E-state index contributed by atoms with van der Waals surface area (Å²) >= 11 is 0. The van der Waals surface area contributed by atoms with Gasteiger partial charge in [-0.2, -0.15) is 0 Å². The first-order valence-electron chi connectivity index (χ1n) is 15.0. The molecule has 1 atom stereocenters. The van der Waals surface area contributed by atoms with Crippen molar-refractivity contribution in [2.45, 2.75) is 86.6 Å². The fourth-order valence-corrected chi connectivity index (χ4v) is 5.00. The number of aryl methyl sites for hydroxylation is 2. The van der Waals surface area contributed by atoms with E-state index in [1.807, 2.05) is 56.9 Å². The number of imidazole rings is 1. The molecule has 0 saturated heterocycles. The smallest absolute Gasteiger partial charge is 0.219 e. The number of aromatic nitrogens is 2. The van der Waals surface area contributed by atoms with E-state index in [0.717, 1.165) is 44.9 Å². The van der Waals surface area contributed by atoms with Gasteiger partial charge in [-0.15, -0.1) is 0 Å². The van der Waals surface area contributed by atoms with Gasteiger partial charge in [-0.3, -0.25) is 4.79 Å². The molecular weight excluding hydrogens is 513 g/mol. The molecule has 2 heterocycles. The third-order valence-electron chi connectivity index (χ3n) is 7.41. The third-order valence-corrected chi connectivity index (χ3v) is 7.41. The monoisotopic (exact) mass is 559 g/mol. The number of unbranched alkanes of at least 4 members (excludes halogenated alkanes) is 2. The van der Waals surface area contributed by atoms with Gasteiger partial charge in [0.05, 0.1) is 17.6 Å². The molecule has 0 fully saturated rings. The molecule has 41 heavy (non-hydrogen) atoms. The Balaban J connectivity index is 0.000000236. The number of halogens is 1. The van der Waals surface area contributed by atoms with Crippen molar-refractivity contribution in [1.82, 2.24) is 14.9 Å². The number of nitrogens with one attached hydrogen (secondary N) is 1. The molecule has 1 aliphatic heterocycles. The Hall–Kier alpha value is -3.67. The molecule has 1 unspecified atom stereocenters. The molecule has 3 aromatic carbocycles. The number of nitrogens with zero attached hydrogens (tertiary/aromatic N) is 2. The van der Waals surface area contributed by atoms with Gasteiger partial charge in [0.15, 0.2) is 0 Å². The molecule has 5 rings (SSSR count). The molecule has 6 heteroatoms. The van der Waals surface area contributed by atoms with Crippen LogP contribution in [0.3, 0.4) is 0 Å². The number of amides is 1. The molecular formula is C35H46FN3O2. The third kappa shape index (κ3) is 8.66. The van der Waals surface area contributed by atoms with Crippen molar-refractivity contribution >= 4 is 16.9 Å². The van der Waals surface area contributed by atoms with Crippen LogP contribution in [0.15, 0.2) is 54.6 Å². The topological polar surface area (TPSA) is 58.2 Å². The minimum absolute atomic E-state index is 0.0752. The quantitative estimate of drug-likeness (QED) is 0.240. The van der Waals surface area contributed by atoms with Gasteiger partial charge in [0.2, 0.25) is 5.91 Å². The molecule has 1 aliphatic rings. The van der Waals surface area contributed by atoms with Crippen molar-refractivity contribution in [1.29, 1.82) is 0 Å². The molecule has 4 aromatic rings. The summed E-state index contributed by atoms with van der Waals surface area (Å²) in [6.07, 6.45) is 5.03. The normalized spacial score (nSPS) is 13.1. The summed E-state index contributed by atoms with van der Waals surface area (Å²) in [7, 11) is 0. The second-order valence-electron chi connectivity index (χ2n) is 10.6. The summed E-state index contributed by atoms with van der Waals surface area (Å²) in [6.45, 7) is 15.6. The van der Waals surface area contributed by atoms with Crippen molar-refractivity contribution in [3.8, 4) is 16.9 Å². The van der Waals surface area contributed by atoms with E-state index >= 15 is 0 Å². The molecule has 220 valence electrons. The Morgan fingerprint density at radius 3 is 2.49 bits per heavy atom. The van der Waals surface area contributed by atoms with Crippen LogP contribution in [0, 0.1) is 19.7 Å². The van der Waals surface area contributed by atoms with Gasteiger partial charge >= 0.3 is 0 Å². The maximum Gasteiger partial charge on any atom is 0.219 e. The fraction of sp³-hybridized carbons (Fsp3) is 0.429. The van der Waals surface area contributed by atoms with Crippen LogP contribution in [-0.4, -0.2) is 33.9 Å². The van der Waals surface area contributed by atoms with Crippen molar-refractivity contribution in [2.24, 2.45) is 0 Å². The molecule has 1 aromatic heterocycles. The molecule has 0 spiro atoms. The Kier molecular flexibility index (Phi) is 11.9. The van der Waals surface area contributed by atoms with Crippen molar-refractivity contribution in [2.75, 3.05) is 13.2 Å². The van der Waals surface area contributed by atoms with Crippen LogP contribution < -0.4 is 4.74 Å². The highest BCUT2D eigenvalue weighted by atomic mass is 19.1. The first kappa shape index (κ1) is 31.9. The van der Waals surface area contributed by atoms with Gasteiger partial charge in [0.1, 0.15) is 24.0 Å². The van der Waals surface area contributed by atoms with Gasteiger partial charge < -0.3 is 14.6 Å². The van der Waals surface area contributed by atoms with E-state index in [0.29, 0.717) is 25.6 Å². The Morgan fingerprint density at radius 2 is 1.78 bits per heavy atom. The van der Waals surface area contributed by atoms with E-state index in [4.69, 9.17) is 4.74 Å². The number of aromatic amines is 1. The van der Waals surface area contributed by atoms with Crippen LogP contribution in [0.2, 0.25) is 0 Å². The molecule has 1 N–H and O–H groups in total. The second kappa shape index (κ2) is 15.4. The number of hydrogen-bond acceptors (Lipinski definition) is 3. The Morgan fingerprint density at radius 1 is 1.05 bits per heavy atom. The Bertz CT molecular complexity index is 1430. The fourth-order valence-electron chi connectivity index (χ4n) is 5.00. The van der Waals surface area contributed by atoms with E-state index < -0.39 is 0 Å². The summed E-state index contributed by atoms with van der Waals surface area (Å²) in [5.74, 6) is 2.30. The van der Waals surface area contributed by atoms with Gasteiger partial charge in [-0.05, 0) is 78.8 Å². The number of rotatable bonds is 6. The molecule has 0 aliphatic carbocycles. The van der Waals surface area contributed by atoms with E-state index in [1.165, 1.54) is 31.2 Å². The lowest BCUT2D eigenvalue weighted by Crippen LogP contribution is -2.30. The van der Waals surface area contributed by atoms with Crippen LogP contribution in [-0.2, 0) is 11.3 Å². The molecule has 5 nitrogen and oxygen atoms in total. The molecule has 0 bridgehead atoms. The van der Waals surface area contributed by atoms with Gasteiger partial charge in [0.25, 0.3) is 0 Å². The van der Waals surface area contributed by atoms with Crippen LogP contribution in [0.4, 0.5) is 4.39 Å². The highest BCUT2D eigenvalue weighted by Gasteiger charge is 2.18. The maximum atomic E-state index is 13.1. The van der Waals surface area contributed by atoms with Crippen molar-refractivity contribution < 1.29 is 13.9 Å². The van der Waals surface area contributed by atoms with E-state index in [9.17, 15) is 9.18 Å². The second-order valence-corrected chi connectivity index (χ2v) is 10.6. The summed E-state index contributed by atoms with van der Waals surface area (Å²) in [6, 6.07) is 17.9. The first-order chi connectivity index (χ1) is 19.7. The largest absolute Gasteiger partial charge is 0.491 e. The van der Waals surface area contributed by atoms with Gasteiger partial charge in [0, 0.05) is 19.0 Å². The lowest BCUT2D eigenvalue weighted by Gasteiger charge is -2.17. The van der Waals surface area contributed by atoms with Crippen molar-refractivity contribution in [3.63, 3.8) is 0 Å². The minimum atomic E-state index is -0.0977. The standard InChI is InChI=1S/C19H19N3O2.C14H21F.C2H6/c1-12-20-17-5-3-15(10-18(17)21-12)14-4-6-19-16(9-14)11-22(13(2)23)7-8-24-19;1-4-5-6-7-11(2)13-8-9-14(15)12(3)10-13;1-2/h3-6,9-10H,7-8,11H2,1-2H3,(H,20,21);8-11H,4-7H2,1-3H3;1-2H3. The summed E-state index contributed by atoms with van der Waals surface area (Å²) in [5, 5.41) is 0. The lowest BCUT2D eigenvalue weighted by molar-refractivity contribution is -0.129. The zero-order valence-electron chi connectivity index (χ0n) is 25.8. The number of hydrogen-bond donors (Lipinski definition) is 1. The van der Waals surface area contributed by atoms with Crippen LogP contribution >= 0.6 is 0 Å². The number of H-pyrrole nitrogens is 1. The number of fused-ring (bicyclic) bond motifs is 2. The zero-order valence-corrected chi connectivity index (χ0v) is 25.8. The van der Waals surface area contributed by atoms with E-state index in [-0.39, 0.29) is 11.7 Å².